The summed E-state index contributed by atoms with van der Waals surface area (Å²) in [6, 6.07) is 4.93. The monoisotopic (exact) mass is 262 g/mol. The van der Waals surface area contributed by atoms with Crippen LogP contribution in [-0.4, -0.2) is 42.6 Å². The minimum Gasteiger partial charge on any atom is -0.508 e. The van der Waals surface area contributed by atoms with Crippen LogP contribution in [-0.2, 0) is 0 Å². The average molecular weight is 262 g/mol. The normalized spacial score (nSPS) is 16.6. The predicted molar refractivity (Wildman–Crippen MR) is 75.4 cm³/mol. The van der Waals surface area contributed by atoms with Gasteiger partial charge < -0.3 is 15.3 Å². The molecule has 0 atom stereocenters. The van der Waals surface area contributed by atoms with Gasteiger partial charge in [-0.3, -0.25) is 4.79 Å². The van der Waals surface area contributed by atoms with Gasteiger partial charge in [-0.15, -0.1) is 0 Å². The molecule has 1 fully saturated rings. The molecular formula is C15H22N2O2. The van der Waals surface area contributed by atoms with Gasteiger partial charge in [-0.25, -0.2) is 0 Å². The molecular weight excluding hydrogens is 240 g/mol. The van der Waals surface area contributed by atoms with E-state index < -0.39 is 0 Å². The molecule has 0 unspecified atom stereocenters. The van der Waals surface area contributed by atoms with E-state index in [-0.39, 0.29) is 11.7 Å². The van der Waals surface area contributed by atoms with E-state index in [9.17, 15) is 9.90 Å². The molecule has 0 aliphatic carbocycles. The molecule has 1 aromatic rings. The van der Waals surface area contributed by atoms with Gasteiger partial charge in [-0.1, -0.05) is 0 Å². The Morgan fingerprint density at radius 2 is 2.11 bits per heavy atom. The predicted octanol–water partition coefficient (Wildman–Crippen LogP) is 1.77. The van der Waals surface area contributed by atoms with Crippen molar-refractivity contribution in [2.75, 3.05) is 26.7 Å². The SMILES string of the molecule is CNCC1CCN(C(=O)c2ccc(O)cc2C)CC1. The number of likely N-dealkylation sites (tertiary alicyclic amines) is 1. The molecule has 1 aliphatic heterocycles. The third-order valence-corrected chi connectivity index (χ3v) is 3.83. The summed E-state index contributed by atoms with van der Waals surface area (Å²) in [6.45, 7) is 4.54. The zero-order valence-electron chi connectivity index (χ0n) is 11.6. The number of nitrogens with zero attached hydrogens (tertiary/aromatic N) is 1. The van der Waals surface area contributed by atoms with Gasteiger partial charge in [0, 0.05) is 18.7 Å². The molecule has 2 rings (SSSR count). The number of piperidine rings is 1. The largest absolute Gasteiger partial charge is 0.508 e. The standard InChI is InChI=1S/C15H22N2O2/c1-11-9-13(18)3-4-14(11)15(19)17-7-5-12(6-8-17)10-16-2/h3-4,9,12,16,18H,5-8,10H2,1-2H3. The van der Waals surface area contributed by atoms with Gasteiger partial charge in [-0.2, -0.15) is 0 Å². The van der Waals surface area contributed by atoms with Gasteiger partial charge in [-0.05, 0) is 63.0 Å². The number of carbonyl (C=O) groups excluding carboxylic acids is 1. The Labute approximate surface area is 114 Å². The maximum absolute atomic E-state index is 12.4. The van der Waals surface area contributed by atoms with Crippen molar-refractivity contribution in [2.24, 2.45) is 5.92 Å². The molecule has 19 heavy (non-hydrogen) atoms. The van der Waals surface area contributed by atoms with Crippen LogP contribution in [0.15, 0.2) is 18.2 Å². The van der Waals surface area contributed by atoms with Crippen molar-refractivity contribution in [3.8, 4) is 5.75 Å². The zero-order valence-corrected chi connectivity index (χ0v) is 11.6. The van der Waals surface area contributed by atoms with Gasteiger partial charge in [0.2, 0.25) is 0 Å². The van der Waals surface area contributed by atoms with Crippen molar-refractivity contribution >= 4 is 5.91 Å². The van der Waals surface area contributed by atoms with Crippen LogP contribution in [0.25, 0.3) is 0 Å². The number of aryl methyl sites for hydroxylation is 1. The van der Waals surface area contributed by atoms with Crippen molar-refractivity contribution in [1.29, 1.82) is 0 Å². The summed E-state index contributed by atoms with van der Waals surface area (Å²) in [4.78, 5) is 14.3. The number of nitrogens with one attached hydrogen (secondary N) is 1. The Morgan fingerprint density at radius 1 is 1.42 bits per heavy atom. The number of phenols is 1. The lowest BCUT2D eigenvalue weighted by molar-refractivity contribution is 0.0690. The molecule has 0 bridgehead atoms. The molecule has 0 saturated carbocycles. The van der Waals surface area contributed by atoms with Crippen molar-refractivity contribution in [3.05, 3.63) is 29.3 Å². The Bertz CT molecular complexity index is 451. The lowest BCUT2D eigenvalue weighted by Crippen LogP contribution is -2.40. The first-order valence-corrected chi connectivity index (χ1v) is 6.85. The van der Waals surface area contributed by atoms with E-state index in [0.717, 1.165) is 38.0 Å². The first-order chi connectivity index (χ1) is 9.11. The minimum absolute atomic E-state index is 0.0837. The van der Waals surface area contributed by atoms with Crippen LogP contribution in [0.3, 0.4) is 0 Å². The minimum atomic E-state index is 0.0837. The van der Waals surface area contributed by atoms with Crippen LogP contribution < -0.4 is 5.32 Å². The van der Waals surface area contributed by atoms with Crippen LogP contribution in [0, 0.1) is 12.8 Å². The molecule has 4 heteroatoms. The van der Waals surface area contributed by atoms with Crippen LogP contribution in [0.2, 0.25) is 0 Å². The lowest BCUT2D eigenvalue weighted by Gasteiger charge is -2.32. The highest BCUT2D eigenvalue weighted by Crippen LogP contribution is 2.21. The number of hydrogen-bond acceptors (Lipinski definition) is 3. The molecule has 1 aliphatic rings. The van der Waals surface area contributed by atoms with Gasteiger partial charge >= 0.3 is 0 Å². The molecule has 1 saturated heterocycles. The Hall–Kier alpha value is -1.55. The number of aromatic hydroxyl groups is 1. The molecule has 0 spiro atoms. The molecule has 104 valence electrons. The highest BCUT2D eigenvalue weighted by atomic mass is 16.3. The fourth-order valence-electron chi connectivity index (χ4n) is 2.69. The molecule has 2 N–H and O–H groups in total. The van der Waals surface area contributed by atoms with Gasteiger partial charge in [0.1, 0.15) is 5.75 Å². The summed E-state index contributed by atoms with van der Waals surface area (Å²) >= 11 is 0. The van der Waals surface area contributed by atoms with Gasteiger partial charge in [0.15, 0.2) is 0 Å². The molecule has 0 radical (unpaired) electrons. The Balaban J connectivity index is 2.01. The third kappa shape index (κ3) is 3.26. The number of benzene rings is 1. The molecule has 4 nitrogen and oxygen atoms in total. The number of phenolic OH excluding ortho intramolecular Hbond substituents is 1. The Morgan fingerprint density at radius 3 is 2.68 bits per heavy atom. The summed E-state index contributed by atoms with van der Waals surface area (Å²) in [6.07, 6.45) is 2.12. The van der Waals surface area contributed by atoms with E-state index in [1.54, 1.807) is 18.2 Å². The lowest BCUT2D eigenvalue weighted by atomic mass is 9.96. The quantitative estimate of drug-likeness (QED) is 0.873. The van der Waals surface area contributed by atoms with Gasteiger partial charge in [0.25, 0.3) is 5.91 Å². The Kier molecular flexibility index (Phi) is 4.43. The molecule has 0 aromatic heterocycles. The molecule has 1 amide bonds. The third-order valence-electron chi connectivity index (χ3n) is 3.83. The summed E-state index contributed by atoms with van der Waals surface area (Å²) in [5.41, 5.74) is 1.53. The summed E-state index contributed by atoms with van der Waals surface area (Å²) < 4.78 is 0. The summed E-state index contributed by atoms with van der Waals surface area (Å²) in [5.74, 6) is 0.970. The fraction of sp³-hybridized carbons (Fsp3) is 0.533. The zero-order chi connectivity index (χ0) is 13.8. The maximum Gasteiger partial charge on any atom is 0.254 e. The number of hydrogen-bond donors (Lipinski definition) is 2. The van der Waals surface area contributed by atoms with Crippen molar-refractivity contribution in [2.45, 2.75) is 19.8 Å². The van der Waals surface area contributed by atoms with Crippen molar-refractivity contribution < 1.29 is 9.90 Å². The number of carbonyl (C=O) groups is 1. The van der Waals surface area contributed by atoms with Crippen molar-refractivity contribution in [1.82, 2.24) is 10.2 Å². The molecule has 1 aromatic carbocycles. The second-order valence-corrected chi connectivity index (χ2v) is 5.29. The van der Waals surface area contributed by atoms with Gasteiger partial charge in [0.05, 0.1) is 0 Å². The topological polar surface area (TPSA) is 52.6 Å². The summed E-state index contributed by atoms with van der Waals surface area (Å²) in [5, 5.41) is 12.6. The van der Waals surface area contributed by atoms with E-state index in [4.69, 9.17) is 0 Å². The van der Waals surface area contributed by atoms with E-state index in [1.807, 2.05) is 18.9 Å². The van der Waals surface area contributed by atoms with E-state index in [2.05, 4.69) is 5.32 Å². The number of amides is 1. The second kappa shape index (κ2) is 6.06. The number of rotatable bonds is 3. The van der Waals surface area contributed by atoms with Crippen LogP contribution in [0.5, 0.6) is 5.75 Å². The fourth-order valence-corrected chi connectivity index (χ4v) is 2.69. The highest BCUT2D eigenvalue weighted by Gasteiger charge is 2.24. The molecule has 1 heterocycles. The first kappa shape index (κ1) is 13.9. The highest BCUT2D eigenvalue weighted by molar-refractivity contribution is 5.95. The van der Waals surface area contributed by atoms with Crippen LogP contribution >= 0.6 is 0 Å². The van der Waals surface area contributed by atoms with Crippen LogP contribution in [0.1, 0.15) is 28.8 Å². The second-order valence-electron chi connectivity index (χ2n) is 5.29. The maximum atomic E-state index is 12.4. The first-order valence-electron chi connectivity index (χ1n) is 6.85. The summed E-state index contributed by atoms with van der Waals surface area (Å²) in [7, 11) is 1.97. The van der Waals surface area contributed by atoms with Crippen molar-refractivity contribution in [3.63, 3.8) is 0 Å². The van der Waals surface area contributed by atoms with E-state index >= 15 is 0 Å². The average Bonchev–Trinajstić information content (AvgIpc) is 2.39. The van der Waals surface area contributed by atoms with E-state index in [1.165, 1.54) is 0 Å². The smallest absolute Gasteiger partial charge is 0.254 e. The van der Waals surface area contributed by atoms with Crippen LogP contribution in [0.4, 0.5) is 0 Å². The van der Waals surface area contributed by atoms with E-state index in [0.29, 0.717) is 11.5 Å².